The molecule has 0 fully saturated rings. The van der Waals surface area contributed by atoms with Crippen LogP contribution in [0.1, 0.15) is 31.9 Å². The van der Waals surface area contributed by atoms with Crippen molar-refractivity contribution in [1.82, 2.24) is 9.88 Å². The molecule has 0 aliphatic carbocycles. The Morgan fingerprint density at radius 2 is 2.17 bits per heavy atom. The van der Waals surface area contributed by atoms with Crippen LogP contribution in [-0.2, 0) is 0 Å². The molecule has 0 aliphatic rings. The van der Waals surface area contributed by atoms with Gasteiger partial charge >= 0.3 is 0 Å². The van der Waals surface area contributed by atoms with Gasteiger partial charge in [0.15, 0.2) is 0 Å². The van der Waals surface area contributed by atoms with Crippen LogP contribution in [0.2, 0.25) is 0 Å². The molecule has 0 spiro atoms. The summed E-state index contributed by atoms with van der Waals surface area (Å²) in [4.78, 5) is 6.58. The molecule has 0 saturated heterocycles. The zero-order valence-electron chi connectivity index (χ0n) is 11.8. The molecule has 0 aromatic carbocycles. The van der Waals surface area contributed by atoms with E-state index < -0.39 is 0 Å². The third kappa shape index (κ3) is 4.26. The van der Waals surface area contributed by atoms with E-state index in [-0.39, 0.29) is 12.1 Å². The average Bonchev–Trinajstić information content (AvgIpc) is 2.36. The Morgan fingerprint density at radius 3 is 2.67 bits per heavy atom. The normalized spacial score (nSPS) is 16.6. The van der Waals surface area contributed by atoms with Crippen molar-refractivity contribution >= 4 is 11.8 Å². The van der Waals surface area contributed by atoms with Crippen LogP contribution >= 0.6 is 11.8 Å². The molecule has 3 unspecified atom stereocenters. The maximum Gasteiger partial charge on any atom is 0.0511 e. The number of nitrogens with two attached hydrogens (primary N) is 1. The van der Waals surface area contributed by atoms with Crippen molar-refractivity contribution in [3.8, 4) is 0 Å². The fourth-order valence-corrected chi connectivity index (χ4v) is 2.80. The number of rotatable bonds is 7. The van der Waals surface area contributed by atoms with E-state index >= 15 is 0 Å². The molecule has 0 aliphatic heterocycles. The summed E-state index contributed by atoms with van der Waals surface area (Å²) >= 11 is 1.89. The SMILES string of the molecule is CSCCC(C)N(C)C(c1cccnc1)C(C)N. The van der Waals surface area contributed by atoms with Crippen molar-refractivity contribution in [2.24, 2.45) is 5.73 Å². The number of aromatic nitrogens is 1. The highest BCUT2D eigenvalue weighted by molar-refractivity contribution is 7.98. The minimum atomic E-state index is 0.0935. The van der Waals surface area contributed by atoms with Gasteiger partial charge in [0, 0.05) is 24.5 Å². The van der Waals surface area contributed by atoms with Crippen LogP contribution in [-0.4, -0.2) is 41.0 Å². The fourth-order valence-electron chi connectivity index (χ4n) is 2.23. The predicted molar refractivity (Wildman–Crippen MR) is 80.9 cm³/mol. The zero-order valence-corrected chi connectivity index (χ0v) is 12.7. The number of pyridine rings is 1. The Balaban J connectivity index is 2.79. The van der Waals surface area contributed by atoms with E-state index in [0.717, 1.165) is 0 Å². The lowest BCUT2D eigenvalue weighted by molar-refractivity contribution is 0.162. The van der Waals surface area contributed by atoms with E-state index in [1.807, 2.05) is 24.0 Å². The number of hydrogen-bond donors (Lipinski definition) is 1. The first-order valence-corrected chi connectivity index (χ1v) is 7.83. The summed E-state index contributed by atoms with van der Waals surface area (Å²) in [6, 6.07) is 4.93. The Morgan fingerprint density at radius 1 is 1.44 bits per heavy atom. The quantitative estimate of drug-likeness (QED) is 0.824. The van der Waals surface area contributed by atoms with Crippen LogP contribution in [0.15, 0.2) is 24.5 Å². The maximum atomic E-state index is 6.16. The van der Waals surface area contributed by atoms with Crippen LogP contribution in [0.3, 0.4) is 0 Å². The first-order chi connectivity index (χ1) is 8.57. The van der Waals surface area contributed by atoms with Gasteiger partial charge in [0.1, 0.15) is 0 Å². The van der Waals surface area contributed by atoms with Crippen LogP contribution in [0, 0.1) is 0 Å². The Kier molecular flexibility index (Phi) is 6.68. The summed E-state index contributed by atoms with van der Waals surface area (Å²) in [5.74, 6) is 1.18. The van der Waals surface area contributed by atoms with Gasteiger partial charge in [-0.25, -0.2) is 0 Å². The van der Waals surface area contributed by atoms with E-state index in [1.165, 1.54) is 17.7 Å². The lowest BCUT2D eigenvalue weighted by atomic mass is 9.99. The van der Waals surface area contributed by atoms with Gasteiger partial charge in [-0.1, -0.05) is 6.07 Å². The maximum absolute atomic E-state index is 6.16. The van der Waals surface area contributed by atoms with E-state index in [1.54, 1.807) is 6.20 Å². The van der Waals surface area contributed by atoms with Gasteiger partial charge < -0.3 is 5.73 Å². The topological polar surface area (TPSA) is 42.2 Å². The van der Waals surface area contributed by atoms with E-state index in [4.69, 9.17) is 5.73 Å². The minimum absolute atomic E-state index is 0.0935. The van der Waals surface area contributed by atoms with Crippen molar-refractivity contribution in [3.05, 3.63) is 30.1 Å². The highest BCUT2D eigenvalue weighted by atomic mass is 32.2. The van der Waals surface area contributed by atoms with Crippen molar-refractivity contribution in [2.75, 3.05) is 19.1 Å². The van der Waals surface area contributed by atoms with Crippen LogP contribution in [0.25, 0.3) is 0 Å². The lowest BCUT2D eigenvalue weighted by Crippen LogP contribution is -2.42. The molecule has 0 radical (unpaired) electrons. The van der Waals surface area contributed by atoms with Crippen molar-refractivity contribution in [1.29, 1.82) is 0 Å². The summed E-state index contributed by atoms with van der Waals surface area (Å²) in [7, 11) is 2.16. The lowest BCUT2D eigenvalue weighted by Gasteiger charge is -2.35. The molecule has 3 nitrogen and oxygen atoms in total. The van der Waals surface area contributed by atoms with Crippen molar-refractivity contribution < 1.29 is 0 Å². The van der Waals surface area contributed by atoms with Gasteiger partial charge in [-0.15, -0.1) is 0 Å². The molecule has 1 rings (SSSR count). The molecular formula is C14H25N3S. The van der Waals surface area contributed by atoms with Gasteiger partial charge in [0.25, 0.3) is 0 Å². The molecule has 102 valence electrons. The fraction of sp³-hybridized carbons (Fsp3) is 0.643. The number of thioether (sulfide) groups is 1. The summed E-state index contributed by atoms with van der Waals surface area (Å²) in [6.07, 6.45) is 7.06. The van der Waals surface area contributed by atoms with Crippen LogP contribution in [0.4, 0.5) is 0 Å². The summed E-state index contributed by atoms with van der Waals surface area (Å²) in [6.45, 7) is 4.33. The molecular weight excluding hydrogens is 242 g/mol. The van der Waals surface area contributed by atoms with Gasteiger partial charge in [0.05, 0.1) is 6.04 Å². The Labute approximate surface area is 115 Å². The summed E-state index contributed by atoms with van der Waals surface area (Å²) in [5, 5.41) is 0. The van der Waals surface area contributed by atoms with Crippen LogP contribution < -0.4 is 5.73 Å². The molecule has 0 bridgehead atoms. The van der Waals surface area contributed by atoms with E-state index in [2.05, 4.69) is 43.1 Å². The molecule has 4 heteroatoms. The van der Waals surface area contributed by atoms with Gasteiger partial charge in [-0.2, -0.15) is 11.8 Å². The van der Waals surface area contributed by atoms with Crippen molar-refractivity contribution in [3.63, 3.8) is 0 Å². The first-order valence-electron chi connectivity index (χ1n) is 6.44. The third-order valence-electron chi connectivity index (χ3n) is 3.40. The second-order valence-corrected chi connectivity index (χ2v) is 5.87. The minimum Gasteiger partial charge on any atom is -0.326 e. The highest BCUT2D eigenvalue weighted by Crippen LogP contribution is 2.24. The number of hydrogen-bond acceptors (Lipinski definition) is 4. The Bertz CT molecular complexity index is 329. The number of nitrogens with zero attached hydrogens (tertiary/aromatic N) is 2. The largest absolute Gasteiger partial charge is 0.326 e. The van der Waals surface area contributed by atoms with Gasteiger partial charge in [0.2, 0.25) is 0 Å². The standard InChI is InChI=1S/C14H25N3S/c1-11(7-9-18-4)17(3)14(12(2)15)13-6-5-8-16-10-13/h5-6,8,10-12,14H,7,9,15H2,1-4H3. The third-order valence-corrected chi connectivity index (χ3v) is 4.04. The van der Waals surface area contributed by atoms with E-state index in [0.29, 0.717) is 6.04 Å². The van der Waals surface area contributed by atoms with Crippen LogP contribution in [0.5, 0.6) is 0 Å². The van der Waals surface area contributed by atoms with Gasteiger partial charge in [-0.3, -0.25) is 9.88 Å². The molecule has 0 amide bonds. The predicted octanol–water partition coefficient (Wildman–Crippen LogP) is 2.54. The number of likely N-dealkylation sites (N-methyl/N-ethyl adjacent to an activating group) is 1. The molecule has 1 aromatic heterocycles. The highest BCUT2D eigenvalue weighted by Gasteiger charge is 2.24. The van der Waals surface area contributed by atoms with Crippen molar-refractivity contribution in [2.45, 2.75) is 38.4 Å². The second kappa shape index (κ2) is 7.77. The second-order valence-electron chi connectivity index (χ2n) is 4.89. The molecule has 1 aromatic rings. The molecule has 1 heterocycles. The first kappa shape index (κ1) is 15.5. The van der Waals surface area contributed by atoms with Gasteiger partial charge in [-0.05, 0) is 51.0 Å². The Hall–Kier alpha value is -0.580. The smallest absolute Gasteiger partial charge is 0.0511 e. The zero-order chi connectivity index (χ0) is 13.5. The summed E-state index contributed by atoms with van der Waals surface area (Å²) < 4.78 is 0. The molecule has 3 atom stereocenters. The monoisotopic (exact) mass is 267 g/mol. The van der Waals surface area contributed by atoms with E-state index in [9.17, 15) is 0 Å². The molecule has 0 saturated carbocycles. The molecule has 18 heavy (non-hydrogen) atoms. The molecule has 2 N–H and O–H groups in total. The average molecular weight is 267 g/mol. The summed E-state index contributed by atoms with van der Waals surface area (Å²) in [5.41, 5.74) is 7.36.